The molecule has 2 aromatic carbocycles. The standard InChI is InChI=1S/C26H32.C2H6.C2H2.CH2O2/c1-5-18-9-11-21(12-10-18)23-16-20(6-2)25-22(15-19-7-8-19)13-14-26(3,4)24(25)17-23;2*1-2;2-1-3/h6,9-12,16-17,19,22H,2,5,7-8,13-15H2,1,3-4H3;1-2H3;1-2H;1H,(H,2,3). The topological polar surface area (TPSA) is 37.3 Å². The van der Waals surface area contributed by atoms with Crippen LogP contribution in [0.4, 0.5) is 0 Å². The molecule has 1 unspecified atom stereocenters. The summed E-state index contributed by atoms with van der Waals surface area (Å²) >= 11 is 0. The zero-order valence-corrected chi connectivity index (χ0v) is 21.2. The fourth-order valence-electron chi connectivity index (χ4n) is 4.77. The molecule has 0 radical (unpaired) electrons. The number of aryl methyl sites for hydroxylation is 1. The lowest BCUT2D eigenvalue weighted by Crippen LogP contribution is -2.27. The van der Waals surface area contributed by atoms with Crippen LogP contribution in [-0.4, -0.2) is 11.6 Å². The average molecular weight is 447 g/mol. The molecular formula is C31H42O2. The second-order valence-corrected chi connectivity index (χ2v) is 9.19. The monoisotopic (exact) mass is 446 g/mol. The van der Waals surface area contributed by atoms with Gasteiger partial charge < -0.3 is 5.11 Å². The van der Waals surface area contributed by atoms with Gasteiger partial charge in [0.2, 0.25) is 0 Å². The van der Waals surface area contributed by atoms with Crippen molar-refractivity contribution in [2.75, 3.05) is 0 Å². The van der Waals surface area contributed by atoms with Crippen molar-refractivity contribution >= 4 is 12.5 Å². The van der Waals surface area contributed by atoms with Gasteiger partial charge in [-0.15, -0.1) is 12.8 Å². The Labute approximate surface area is 202 Å². The molecule has 0 heterocycles. The maximum atomic E-state index is 8.36. The Morgan fingerprint density at radius 1 is 1.06 bits per heavy atom. The Morgan fingerprint density at radius 2 is 1.64 bits per heavy atom. The van der Waals surface area contributed by atoms with E-state index in [1.807, 2.05) is 13.8 Å². The molecule has 2 heteroatoms. The molecule has 33 heavy (non-hydrogen) atoms. The van der Waals surface area contributed by atoms with Gasteiger partial charge in [0, 0.05) is 0 Å². The minimum Gasteiger partial charge on any atom is -0.483 e. The Balaban J connectivity index is 0.000000705. The highest BCUT2D eigenvalue weighted by atomic mass is 16.3. The average Bonchev–Trinajstić information content (AvgIpc) is 3.68. The summed E-state index contributed by atoms with van der Waals surface area (Å²) in [5.74, 6) is 1.71. The molecule has 0 aliphatic heterocycles. The lowest BCUT2D eigenvalue weighted by Gasteiger charge is -2.39. The molecule has 1 N–H and O–H groups in total. The van der Waals surface area contributed by atoms with Crippen LogP contribution in [0.15, 0.2) is 43.0 Å². The minimum absolute atomic E-state index is 0.250. The number of carbonyl (C=O) groups is 1. The highest BCUT2D eigenvalue weighted by molar-refractivity contribution is 5.72. The van der Waals surface area contributed by atoms with E-state index in [2.05, 4.69) is 82.7 Å². The summed E-state index contributed by atoms with van der Waals surface area (Å²) < 4.78 is 0. The molecular weight excluding hydrogens is 404 g/mol. The second kappa shape index (κ2) is 13.7. The summed E-state index contributed by atoms with van der Waals surface area (Å²) in [5, 5.41) is 6.89. The van der Waals surface area contributed by atoms with Crippen molar-refractivity contribution in [1.29, 1.82) is 0 Å². The molecule has 2 aromatic rings. The summed E-state index contributed by atoms with van der Waals surface area (Å²) in [4.78, 5) is 8.36. The zero-order chi connectivity index (χ0) is 25.0. The Hall–Kier alpha value is -2.79. The van der Waals surface area contributed by atoms with E-state index < -0.39 is 0 Å². The third kappa shape index (κ3) is 7.36. The van der Waals surface area contributed by atoms with Gasteiger partial charge in [0.05, 0.1) is 0 Å². The van der Waals surface area contributed by atoms with Gasteiger partial charge in [-0.25, -0.2) is 0 Å². The molecule has 0 aromatic heterocycles. The highest BCUT2D eigenvalue weighted by Crippen LogP contribution is 2.50. The van der Waals surface area contributed by atoms with E-state index in [-0.39, 0.29) is 11.9 Å². The lowest BCUT2D eigenvalue weighted by atomic mass is 9.66. The summed E-state index contributed by atoms with van der Waals surface area (Å²) in [6.07, 6.45) is 18.1. The van der Waals surface area contributed by atoms with Crippen molar-refractivity contribution in [2.24, 2.45) is 5.92 Å². The Kier molecular flexibility index (Phi) is 11.7. The van der Waals surface area contributed by atoms with E-state index in [0.717, 1.165) is 18.3 Å². The molecule has 2 aliphatic carbocycles. The number of benzene rings is 2. The molecule has 0 saturated heterocycles. The molecule has 1 saturated carbocycles. The lowest BCUT2D eigenvalue weighted by molar-refractivity contribution is -0.122. The van der Waals surface area contributed by atoms with Crippen LogP contribution in [0.25, 0.3) is 17.2 Å². The molecule has 178 valence electrons. The number of hydrogen-bond acceptors (Lipinski definition) is 1. The van der Waals surface area contributed by atoms with Gasteiger partial charge in [0.1, 0.15) is 0 Å². The summed E-state index contributed by atoms with van der Waals surface area (Å²) in [5.41, 5.74) is 8.89. The van der Waals surface area contributed by atoms with Crippen molar-refractivity contribution < 1.29 is 9.90 Å². The van der Waals surface area contributed by atoms with Gasteiger partial charge in [0.15, 0.2) is 0 Å². The Bertz CT molecular complexity index is 899. The van der Waals surface area contributed by atoms with Crippen molar-refractivity contribution in [3.63, 3.8) is 0 Å². The van der Waals surface area contributed by atoms with Crippen LogP contribution in [0.5, 0.6) is 0 Å². The van der Waals surface area contributed by atoms with Crippen LogP contribution in [0.1, 0.15) is 94.9 Å². The highest BCUT2D eigenvalue weighted by Gasteiger charge is 2.37. The fourth-order valence-corrected chi connectivity index (χ4v) is 4.77. The van der Waals surface area contributed by atoms with Crippen LogP contribution in [0.3, 0.4) is 0 Å². The van der Waals surface area contributed by atoms with E-state index in [1.165, 1.54) is 54.4 Å². The Morgan fingerprint density at radius 3 is 2.12 bits per heavy atom. The molecule has 1 atom stereocenters. The maximum absolute atomic E-state index is 8.36. The minimum atomic E-state index is -0.250. The van der Waals surface area contributed by atoms with Crippen molar-refractivity contribution in [3.8, 4) is 24.0 Å². The molecule has 1 fully saturated rings. The van der Waals surface area contributed by atoms with Crippen LogP contribution in [0.2, 0.25) is 0 Å². The van der Waals surface area contributed by atoms with Gasteiger partial charge in [-0.2, -0.15) is 0 Å². The number of fused-ring (bicyclic) bond motifs is 1. The first-order valence-corrected chi connectivity index (χ1v) is 12.2. The first kappa shape index (κ1) is 28.2. The SMILES string of the molecule is C#C.C=Cc1cc(-c2ccc(CC)cc2)cc2c1C(CC1CC1)CCC2(C)C.CC.O=CO. The number of hydrogen-bond donors (Lipinski definition) is 1. The fraction of sp³-hybridized carbons (Fsp3) is 0.452. The smallest absolute Gasteiger partial charge is 0.290 e. The van der Waals surface area contributed by atoms with E-state index in [1.54, 1.807) is 11.1 Å². The molecule has 0 amide bonds. The first-order valence-electron chi connectivity index (χ1n) is 12.2. The van der Waals surface area contributed by atoms with Crippen LogP contribution in [-0.2, 0) is 16.6 Å². The van der Waals surface area contributed by atoms with E-state index >= 15 is 0 Å². The number of carboxylic acid groups (broad SMARTS) is 1. The molecule has 0 bridgehead atoms. The maximum Gasteiger partial charge on any atom is 0.290 e. The number of terminal acetylenes is 1. The third-order valence-electron chi connectivity index (χ3n) is 6.70. The molecule has 2 aliphatic rings. The van der Waals surface area contributed by atoms with Crippen molar-refractivity contribution in [2.45, 2.75) is 84.5 Å². The molecule has 2 nitrogen and oxygen atoms in total. The van der Waals surface area contributed by atoms with E-state index in [0.29, 0.717) is 0 Å². The number of rotatable bonds is 5. The summed E-state index contributed by atoms with van der Waals surface area (Å²) in [7, 11) is 0. The normalized spacial score (nSPS) is 17.4. The third-order valence-corrected chi connectivity index (χ3v) is 6.70. The van der Waals surface area contributed by atoms with E-state index in [4.69, 9.17) is 9.90 Å². The largest absolute Gasteiger partial charge is 0.483 e. The summed E-state index contributed by atoms with van der Waals surface area (Å²) in [6.45, 7) is 15.0. The molecule has 4 rings (SSSR count). The van der Waals surface area contributed by atoms with Gasteiger partial charge in [-0.3, -0.25) is 4.79 Å². The van der Waals surface area contributed by atoms with Crippen molar-refractivity contribution in [3.05, 3.63) is 65.2 Å². The predicted octanol–water partition coefficient (Wildman–Crippen LogP) is 8.49. The van der Waals surface area contributed by atoms with Crippen molar-refractivity contribution in [1.82, 2.24) is 0 Å². The van der Waals surface area contributed by atoms with Gasteiger partial charge in [-0.05, 0) is 82.4 Å². The van der Waals surface area contributed by atoms with Crippen LogP contribution >= 0.6 is 0 Å². The summed E-state index contributed by atoms with van der Waals surface area (Å²) in [6, 6.07) is 14.0. The second-order valence-electron chi connectivity index (χ2n) is 9.19. The van der Waals surface area contributed by atoms with Gasteiger partial charge >= 0.3 is 0 Å². The van der Waals surface area contributed by atoms with E-state index in [9.17, 15) is 0 Å². The first-order chi connectivity index (χ1) is 15.9. The molecule has 0 spiro atoms. The zero-order valence-electron chi connectivity index (χ0n) is 21.2. The quantitative estimate of drug-likeness (QED) is 0.369. The van der Waals surface area contributed by atoms with Crippen LogP contribution < -0.4 is 0 Å². The predicted molar refractivity (Wildman–Crippen MR) is 144 cm³/mol. The van der Waals surface area contributed by atoms with Crippen LogP contribution in [0, 0.1) is 18.8 Å². The van der Waals surface area contributed by atoms with Gasteiger partial charge in [0.25, 0.3) is 6.47 Å². The van der Waals surface area contributed by atoms with Gasteiger partial charge in [-0.1, -0.05) is 90.4 Å².